The fraction of sp³-hybridized carbons (Fsp3) is 0.467. The number of aryl methyl sites for hydroxylation is 1. The van der Waals surface area contributed by atoms with Gasteiger partial charge in [0.1, 0.15) is 17.5 Å². The predicted molar refractivity (Wildman–Crippen MR) is 148 cm³/mol. The summed E-state index contributed by atoms with van der Waals surface area (Å²) in [6.45, 7) is 13.4. The van der Waals surface area contributed by atoms with Crippen LogP contribution in [-0.4, -0.2) is 52.2 Å². The molecular formula is C30H31ClN6O. The SMILES string of the molecule is C=CC(=O)N1CC2(CCN(c3nc4c(c(-c5c(Cl)c(C)cc6[nH]ncc56)c3C#N)C[C@H]3C[C@@H]4C3(C)C)C2)C1. The number of nitrogens with one attached hydrogen (secondary N) is 1. The smallest absolute Gasteiger partial charge is 0.245 e. The van der Waals surface area contributed by atoms with E-state index in [9.17, 15) is 10.1 Å². The van der Waals surface area contributed by atoms with E-state index in [-0.39, 0.29) is 16.7 Å². The number of benzene rings is 1. The third-order valence-corrected chi connectivity index (χ3v) is 10.6. The Hall–Kier alpha value is -3.37. The molecule has 3 fully saturated rings. The highest BCUT2D eigenvalue weighted by atomic mass is 35.5. The lowest BCUT2D eigenvalue weighted by Crippen LogP contribution is -2.59. The van der Waals surface area contributed by atoms with Gasteiger partial charge in [-0.15, -0.1) is 0 Å². The van der Waals surface area contributed by atoms with Crippen molar-refractivity contribution in [1.29, 1.82) is 5.26 Å². The number of anilines is 1. The van der Waals surface area contributed by atoms with E-state index >= 15 is 0 Å². The van der Waals surface area contributed by atoms with Gasteiger partial charge in [-0.1, -0.05) is 32.0 Å². The Balaban J connectivity index is 1.41. The van der Waals surface area contributed by atoms with Gasteiger partial charge in [0.2, 0.25) is 5.91 Å². The summed E-state index contributed by atoms with van der Waals surface area (Å²) >= 11 is 7.06. The number of hydrogen-bond donors (Lipinski definition) is 1. The Morgan fingerprint density at radius 2 is 2.11 bits per heavy atom. The molecule has 1 saturated carbocycles. The molecule has 1 spiro atoms. The average molecular weight is 527 g/mol. The van der Waals surface area contributed by atoms with Gasteiger partial charge in [0.25, 0.3) is 0 Å². The number of nitriles is 1. The second-order valence-electron chi connectivity index (χ2n) is 12.5. The number of carbonyl (C=O) groups excluding carboxylic acids is 1. The van der Waals surface area contributed by atoms with Gasteiger partial charge in [0.05, 0.1) is 22.4 Å². The molecule has 8 rings (SSSR count). The number of rotatable bonds is 3. The van der Waals surface area contributed by atoms with Crippen LogP contribution in [0, 0.1) is 35.0 Å². The molecule has 38 heavy (non-hydrogen) atoms. The van der Waals surface area contributed by atoms with Crippen molar-refractivity contribution in [3.8, 4) is 17.2 Å². The molecule has 5 aliphatic rings. The number of fused-ring (bicyclic) bond motifs is 1. The number of carbonyl (C=O) groups is 1. The minimum absolute atomic E-state index is 0.0130. The van der Waals surface area contributed by atoms with E-state index in [1.807, 2.05) is 24.1 Å². The molecule has 2 bridgehead atoms. The van der Waals surface area contributed by atoms with Crippen molar-refractivity contribution >= 4 is 34.2 Å². The summed E-state index contributed by atoms with van der Waals surface area (Å²) in [4.78, 5) is 21.6. The summed E-state index contributed by atoms with van der Waals surface area (Å²) < 4.78 is 0. The van der Waals surface area contributed by atoms with Crippen LogP contribution in [0.1, 0.15) is 55.0 Å². The normalized spacial score (nSPS) is 24.1. The summed E-state index contributed by atoms with van der Waals surface area (Å²) in [5.41, 5.74) is 6.86. The molecular weight excluding hydrogens is 496 g/mol. The lowest BCUT2D eigenvalue weighted by molar-refractivity contribution is -0.136. The number of nitrogens with zero attached hydrogens (tertiary/aromatic N) is 5. The van der Waals surface area contributed by atoms with E-state index in [2.05, 4.69) is 41.6 Å². The molecule has 4 heterocycles. The van der Waals surface area contributed by atoms with Crippen LogP contribution in [0.3, 0.4) is 0 Å². The molecule has 8 heteroatoms. The standard InChI is InChI=1S/C30H31ClN6O/c1-5-23(38)37-14-30(15-37)6-7-36(13-30)28-19(11-32)24(18-9-17-10-21(27(18)34-28)29(17,3)4)25-20-12-33-35-22(20)8-16(2)26(25)31/h5,8,12,17,21H,1,6-7,9-10,13-15H2,2-4H3,(H,33,35)/t17-,21-/m0/s1. The van der Waals surface area contributed by atoms with E-state index in [1.165, 1.54) is 11.6 Å². The zero-order chi connectivity index (χ0) is 26.6. The molecule has 2 aliphatic heterocycles. The summed E-state index contributed by atoms with van der Waals surface area (Å²) in [7, 11) is 0. The van der Waals surface area contributed by atoms with Crippen LogP contribution >= 0.6 is 11.6 Å². The Bertz CT molecular complexity index is 1590. The van der Waals surface area contributed by atoms with Crippen LogP contribution in [0.25, 0.3) is 22.0 Å². The van der Waals surface area contributed by atoms with Crippen LogP contribution < -0.4 is 4.90 Å². The van der Waals surface area contributed by atoms with Gasteiger partial charge in [0, 0.05) is 54.0 Å². The van der Waals surface area contributed by atoms with Crippen molar-refractivity contribution in [2.45, 2.75) is 46.0 Å². The summed E-state index contributed by atoms with van der Waals surface area (Å²) in [6, 6.07) is 4.59. The van der Waals surface area contributed by atoms with Gasteiger partial charge in [0.15, 0.2) is 0 Å². The van der Waals surface area contributed by atoms with Gasteiger partial charge < -0.3 is 9.80 Å². The number of pyridine rings is 1. The fourth-order valence-electron chi connectivity index (χ4n) is 7.67. The third-order valence-electron chi connectivity index (χ3n) is 10.1. The Kier molecular flexibility index (Phi) is 4.89. The maximum absolute atomic E-state index is 12.1. The maximum Gasteiger partial charge on any atom is 0.245 e. The van der Waals surface area contributed by atoms with Crippen molar-refractivity contribution in [3.63, 3.8) is 0 Å². The first-order valence-electron chi connectivity index (χ1n) is 13.4. The molecule has 2 atom stereocenters. The van der Waals surface area contributed by atoms with Crippen molar-refractivity contribution in [1.82, 2.24) is 20.1 Å². The van der Waals surface area contributed by atoms with Gasteiger partial charge in [-0.2, -0.15) is 10.4 Å². The molecule has 0 unspecified atom stereocenters. The zero-order valence-corrected chi connectivity index (χ0v) is 22.8. The van der Waals surface area contributed by atoms with Crippen LogP contribution in [0.5, 0.6) is 0 Å². The molecule has 0 radical (unpaired) electrons. The number of aromatic amines is 1. The first-order chi connectivity index (χ1) is 18.2. The van der Waals surface area contributed by atoms with Crippen molar-refractivity contribution < 1.29 is 4.79 Å². The molecule has 2 saturated heterocycles. The minimum Gasteiger partial charge on any atom is -0.355 e. The molecule has 194 valence electrons. The first-order valence-corrected chi connectivity index (χ1v) is 13.8. The van der Waals surface area contributed by atoms with E-state index in [0.29, 0.717) is 22.4 Å². The quantitative estimate of drug-likeness (QED) is 0.463. The van der Waals surface area contributed by atoms with Gasteiger partial charge in [-0.3, -0.25) is 9.89 Å². The lowest BCUT2D eigenvalue weighted by atomic mass is 9.48. The fourth-order valence-corrected chi connectivity index (χ4v) is 7.92. The van der Waals surface area contributed by atoms with Crippen LogP contribution in [0.15, 0.2) is 24.9 Å². The minimum atomic E-state index is -0.0130. The van der Waals surface area contributed by atoms with Gasteiger partial charge in [-0.05, 0) is 60.8 Å². The maximum atomic E-state index is 12.1. The number of halogens is 1. The van der Waals surface area contributed by atoms with E-state index in [4.69, 9.17) is 16.6 Å². The number of hydrogen-bond acceptors (Lipinski definition) is 5. The Morgan fingerprint density at radius 3 is 2.82 bits per heavy atom. The first kappa shape index (κ1) is 23.7. The monoisotopic (exact) mass is 526 g/mol. The summed E-state index contributed by atoms with van der Waals surface area (Å²) in [6.07, 6.45) is 6.23. The molecule has 1 amide bonds. The number of aromatic nitrogens is 3. The van der Waals surface area contributed by atoms with Gasteiger partial charge >= 0.3 is 0 Å². The molecule has 3 aliphatic carbocycles. The number of likely N-dealkylation sites (tertiary alicyclic amines) is 1. The number of H-pyrrole nitrogens is 1. The van der Waals surface area contributed by atoms with Crippen molar-refractivity contribution in [2.24, 2.45) is 16.7 Å². The largest absolute Gasteiger partial charge is 0.355 e. The van der Waals surface area contributed by atoms with E-state index in [0.717, 1.165) is 84.5 Å². The Morgan fingerprint density at radius 1 is 1.32 bits per heavy atom. The van der Waals surface area contributed by atoms with E-state index in [1.54, 1.807) is 0 Å². The molecule has 7 nitrogen and oxygen atoms in total. The summed E-state index contributed by atoms with van der Waals surface area (Å²) in [5.74, 6) is 1.69. The summed E-state index contributed by atoms with van der Waals surface area (Å²) in [5, 5.41) is 19.7. The van der Waals surface area contributed by atoms with Crippen LogP contribution in [0.2, 0.25) is 5.02 Å². The van der Waals surface area contributed by atoms with Crippen molar-refractivity contribution in [2.75, 3.05) is 31.1 Å². The van der Waals surface area contributed by atoms with Crippen molar-refractivity contribution in [3.05, 3.63) is 52.3 Å². The van der Waals surface area contributed by atoms with Crippen LogP contribution in [0.4, 0.5) is 5.82 Å². The molecule has 3 aromatic rings. The highest BCUT2D eigenvalue weighted by molar-refractivity contribution is 6.36. The zero-order valence-electron chi connectivity index (χ0n) is 22.1. The molecule has 2 aromatic heterocycles. The number of amides is 1. The van der Waals surface area contributed by atoms with Gasteiger partial charge in [-0.25, -0.2) is 4.98 Å². The molecule has 1 N–H and O–H groups in total. The Labute approximate surface area is 227 Å². The second-order valence-corrected chi connectivity index (χ2v) is 12.8. The second kappa shape index (κ2) is 7.83. The molecule has 1 aromatic carbocycles. The third kappa shape index (κ3) is 3.04. The highest BCUT2D eigenvalue weighted by Gasteiger charge is 2.55. The topological polar surface area (TPSA) is 88.9 Å². The highest BCUT2D eigenvalue weighted by Crippen LogP contribution is 2.63. The van der Waals surface area contributed by atoms with Crippen LogP contribution in [-0.2, 0) is 11.2 Å². The lowest BCUT2D eigenvalue weighted by Gasteiger charge is -2.57. The van der Waals surface area contributed by atoms with E-state index < -0.39 is 0 Å². The average Bonchev–Trinajstić information content (AvgIpc) is 3.54. The predicted octanol–water partition coefficient (Wildman–Crippen LogP) is 5.37.